The molecule has 0 fully saturated rings. The van der Waals surface area contributed by atoms with Crippen LogP contribution in [-0.4, -0.2) is 29.2 Å². The number of nitro groups is 1. The number of ether oxygens (including phenoxy) is 2. The summed E-state index contributed by atoms with van der Waals surface area (Å²) in [6, 6.07) is 9.42. The number of amides is 1. The van der Waals surface area contributed by atoms with Gasteiger partial charge in [-0.15, -0.1) is 0 Å². The summed E-state index contributed by atoms with van der Waals surface area (Å²) in [5, 5.41) is 16.4. The third-order valence-electron chi connectivity index (χ3n) is 3.78. The van der Waals surface area contributed by atoms with E-state index in [-0.39, 0.29) is 10.8 Å². The molecule has 0 bridgehead atoms. The highest BCUT2D eigenvalue weighted by Crippen LogP contribution is 2.30. The van der Waals surface area contributed by atoms with Gasteiger partial charge in [0, 0.05) is 11.6 Å². The van der Waals surface area contributed by atoms with Crippen LogP contribution < -0.4 is 20.1 Å². The number of benzene rings is 2. The third-order valence-corrected chi connectivity index (χ3v) is 3.99. The van der Waals surface area contributed by atoms with Gasteiger partial charge in [0.05, 0.1) is 16.2 Å². The maximum atomic E-state index is 12.3. The Morgan fingerprint density at radius 1 is 1.19 bits per heavy atom. The highest BCUT2D eigenvalue weighted by atomic mass is 32.1. The Morgan fingerprint density at radius 3 is 2.65 bits per heavy atom. The zero-order chi connectivity index (χ0) is 18.7. The van der Waals surface area contributed by atoms with E-state index in [2.05, 4.69) is 10.6 Å². The number of thiocarbonyl (C=S) groups is 1. The molecule has 0 unspecified atom stereocenters. The fourth-order valence-electron chi connectivity index (χ4n) is 2.47. The summed E-state index contributed by atoms with van der Waals surface area (Å²) in [5.41, 5.74) is 1.20. The zero-order valence-electron chi connectivity index (χ0n) is 13.8. The van der Waals surface area contributed by atoms with Crippen LogP contribution >= 0.6 is 12.2 Å². The Kier molecular flexibility index (Phi) is 4.99. The van der Waals surface area contributed by atoms with Crippen molar-refractivity contribution in [2.75, 3.05) is 18.5 Å². The van der Waals surface area contributed by atoms with Gasteiger partial charge in [0.15, 0.2) is 16.6 Å². The molecule has 0 saturated carbocycles. The minimum Gasteiger partial charge on any atom is -0.486 e. The van der Waals surface area contributed by atoms with Crippen molar-refractivity contribution in [2.45, 2.75) is 6.92 Å². The van der Waals surface area contributed by atoms with Gasteiger partial charge < -0.3 is 14.8 Å². The molecule has 0 radical (unpaired) electrons. The lowest BCUT2D eigenvalue weighted by atomic mass is 10.1. The van der Waals surface area contributed by atoms with Gasteiger partial charge in [0.25, 0.3) is 11.6 Å². The Morgan fingerprint density at radius 2 is 1.92 bits per heavy atom. The van der Waals surface area contributed by atoms with Crippen LogP contribution in [0.15, 0.2) is 36.4 Å². The summed E-state index contributed by atoms with van der Waals surface area (Å²) >= 11 is 5.13. The molecular weight excluding hydrogens is 358 g/mol. The molecule has 1 amide bonds. The molecule has 8 nitrogen and oxygen atoms in total. The molecule has 0 spiro atoms. The van der Waals surface area contributed by atoms with E-state index >= 15 is 0 Å². The van der Waals surface area contributed by atoms with Gasteiger partial charge in [0.2, 0.25) is 0 Å². The number of anilines is 1. The number of rotatable bonds is 3. The van der Waals surface area contributed by atoms with Crippen molar-refractivity contribution in [2.24, 2.45) is 0 Å². The van der Waals surface area contributed by atoms with Crippen LogP contribution in [0.25, 0.3) is 0 Å². The smallest absolute Gasteiger partial charge is 0.274 e. The summed E-state index contributed by atoms with van der Waals surface area (Å²) in [4.78, 5) is 22.9. The van der Waals surface area contributed by atoms with E-state index in [0.29, 0.717) is 41.5 Å². The Hall–Kier alpha value is -3.20. The number of nitrogens with one attached hydrogen (secondary N) is 2. The maximum absolute atomic E-state index is 12.3. The second-order valence-electron chi connectivity index (χ2n) is 5.47. The Balaban J connectivity index is 1.69. The van der Waals surface area contributed by atoms with Crippen molar-refractivity contribution in [3.8, 4) is 11.5 Å². The first-order valence-electron chi connectivity index (χ1n) is 7.71. The van der Waals surface area contributed by atoms with E-state index in [1.54, 1.807) is 37.3 Å². The van der Waals surface area contributed by atoms with Crippen molar-refractivity contribution in [3.05, 3.63) is 57.6 Å². The van der Waals surface area contributed by atoms with Crippen molar-refractivity contribution in [1.29, 1.82) is 0 Å². The molecule has 1 heterocycles. The van der Waals surface area contributed by atoms with Gasteiger partial charge in [-0.05, 0) is 43.4 Å². The summed E-state index contributed by atoms with van der Waals surface area (Å²) in [6.45, 7) is 2.49. The van der Waals surface area contributed by atoms with Crippen molar-refractivity contribution in [1.82, 2.24) is 5.32 Å². The van der Waals surface area contributed by atoms with Gasteiger partial charge >= 0.3 is 0 Å². The topological polar surface area (TPSA) is 103 Å². The fraction of sp³-hybridized carbons (Fsp3) is 0.176. The summed E-state index contributed by atoms with van der Waals surface area (Å²) in [6.07, 6.45) is 0. The maximum Gasteiger partial charge on any atom is 0.274 e. The first-order chi connectivity index (χ1) is 12.5. The van der Waals surface area contributed by atoms with Crippen molar-refractivity contribution >= 4 is 34.6 Å². The van der Waals surface area contributed by atoms with Gasteiger partial charge in [-0.25, -0.2) is 0 Å². The molecule has 134 valence electrons. The molecule has 0 saturated heterocycles. The van der Waals surface area contributed by atoms with E-state index in [9.17, 15) is 14.9 Å². The van der Waals surface area contributed by atoms with Crippen LogP contribution in [0.5, 0.6) is 11.5 Å². The molecule has 1 aliphatic heterocycles. The van der Waals surface area contributed by atoms with E-state index in [1.807, 2.05) is 0 Å². The normalized spacial score (nSPS) is 12.2. The van der Waals surface area contributed by atoms with Gasteiger partial charge in [-0.2, -0.15) is 0 Å². The SMILES string of the molecule is Cc1c(NC(=S)NC(=O)c2ccc3c(c2)OCCO3)cccc1[N+](=O)[O-]. The molecule has 0 aliphatic carbocycles. The van der Waals surface area contributed by atoms with E-state index < -0.39 is 10.8 Å². The van der Waals surface area contributed by atoms with Gasteiger partial charge in [-0.3, -0.25) is 20.2 Å². The first kappa shape index (κ1) is 17.6. The van der Waals surface area contributed by atoms with E-state index in [4.69, 9.17) is 21.7 Å². The predicted octanol–water partition coefficient (Wildman–Crippen LogP) is 2.80. The lowest BCUT2D eigenvalue weighted by Crippen LogP contribution is -2.34. The predicted molar refractivity (Wildman–Crippen MR) is 99.0 cm³/mol. The molecule has 26 heavy (non-hydrogen) atoms. The molecule has 2 aromatic carbocycles. The molecule has 0 atom stereocenters. The lowest BCUT2D eigenvalue weighted by molar-refractivity contribution is -0.385. The largest absolute Gasteiger partial charge is 0.486 e. The molecule has 9 heteroatoms. The molecule has 2 N–H and O–H groups in total. The van der Waals surface area contributed by atoms with Crippen LogP contribution in [0.1, 0.15) is 15.9 Å². The van der Waals surface area contributed by atoms with Crippen molar-refractivity contribution in [3.63, 3.8) is 0 Å². The number of nitro benzene ring substituents is 1. The number of carbonyl (C=O) groups excluding carboxylic acids is 1. The average molecular weight is 373 g/mol. The summed E-state index contributed by atoms with van der Waals surface area (Å²) in [7, 11) is 0. The molecule has 1 aliphatic rings. The summed E-state index contributed by atoms with van der Waals surface area (Å²) < 4.78 is 10.9. The minimum absolute atomic E-state index is 0.0315. The molecule has 2 aromatic rings. The average Bonchev–Trinajstić information content (AvgIpc) is 2.62. The quantitative estimate of drug-likeness (QED) is 0.484. The minimum atomic E-state index is -0.475. The second kappa shape index (κ2) is 7.36. The van der Waals surface area contributed by atoms with Crippen molar-refractivity contribution < 1.29 is 19.2 Å². The third kappa shape index (κ3) is 3.72. The number of fused-ring (bicyclic) bond motifs is 1. The number of carbonyl (C=O) groups is 1. The zero-order valence-corrected chi connectivity index (χ0v) is 14.6. The highest BCUT2D eigenvalue weighted by Gasteiger charge is 2.17. The van der Waals surface area contributed by atoms with Crippen LogP contribution in [0.4, 0.5) is 11.4 Å². The van der Waals surface area contributed by atoms with E-state index in [0.717, 1.165) is 0 Å². The second-order valence-corrected chi connectivity index (χ2v) is 5.88. The number of hydrogen-bond donors (Lipinski definition) is 2. The fourth-order valence-corrected chi connectivity index (χ4v) is 2.67. The van der Waals surface area contributed by atoms with Crippen LogP contribution in [0, 0.1) is 17.0 Å². The number of hydrogen-bond acceptors (Lipinski definition) is 6. The lowest BCUT2D eigenvalue weighted by Gasteiger charge is -2.18. The number of nitrogens with zero attached hydrogens (tertiary/aromatic N) is 1. The molecule has 0 aromatic heterocycles. The monoisotopic (exact) mass is 373 g/mol. The first-order valence-corrected chi connectivity index (χ1v) is 8.12. The Labute approximate surface area is 154 Å². The standard InChI is InChI=1S/C17H15N3O5S/c1-10-12(3-2-4-13(10)20(22)23)18-17(26)19-16(21)11-5-6-14-15(9-11)25-8-7-24-14/h2-6,9H,7-8H2,1H3,(H2,18,19,21,26). The van der Waals surface area contributed by atoms with Gasteiger partial charge in [-0.1, -0.05) is 6.07 Å². The van der Waals surface area contributed by atoms with E-state index in [1.165, 1.54) is 6.07 Å². The van der Waals surface area contributed by atoms with Gasteiger partial charge in [0.1, 0.15) is 13.2 Å². The van der Waals surface area contributed by atoms with Crippen LogP contribution in [0.3, 0.4) is 0 Å². The molecular formula is C17H15N3O5S. The summed E-state index contributed by atoms with van der Waals surface area (Å²) in [5.74, 6) is 0.653. The Bertz CT molecular complexity index is 900. The van der Waals surface area contributed by atoms with Crippen LogP contribution in [-0.2, 0) is 0 Å². The highest BCUT2D eigenvalue weighted by molar-refractivity contribution is 7.80. The molecule has 3 rings (SSSR count). The van der Waals surface area contributed by atoms with Crippen LogP contribution in [0.2, 0.25) is 0 Å².